The molecule has 0 radical (unpaired) electrons. The zero-order valence-corrected chi connectivity index (χ0v) is 12.1. The SMILES string of the molecule is CC(C)CN(C(C)C)C1CCC1CNC1CC1. The molecule has 0 aromatic heterocycles. The van der Waals surface area contributed by atoms with E-state index in [2.05, 4.69) is 37.9 Å². The fraction of sp³-hybridized carbons (Fsp3) is 1.00. The molecule has 0 aromatic carbocycles. The van der Waals surface area contributed by atoms with E-state index in [1.165, 1.54) is 38.8 Å². The van der Waals surface area contributed by atoms with Crippen molar-refractivity contribution in [2.75, 3.05) is 13.1 Å². The van der Waals surface area contributed by atoms with E-state index in [1.54, 1.807) is 0 Å². The van der Waals surface area contributed by atoms with Crippen LogP contribution in [0.25, 0.3) is 0 Å². The van der Waals surface area contributed by atoms with Crippen LogP contribution in [-0.2, 0) is 0 Å². The second kappa shape index (κ2) is 5.71. The van der Waals surface area contributed by atoms with Gasteiger partial charge in [-0.15, -0.1) is 0 Å². The Morgan fingerprint density at radius 1 is 1.06 bits per heavy atom. The third-order valence-corrected chi connectivity index (χ3v) is 4.29. The molecule has 2 heteroatoms. The van der Waals surface area contributed by atoms with Crippen molar-refractivity contribution in [2.24, 2.45) is 11.8 Å². The van der Waals surface area contributed by atoms with Gasteiger partial charge in [-0.2, -0.15) is 0 Å². The third kappa shape index (κ3) is 3.69. The average molecular weight is 238 g/mol. The molecule has 17 heavy (non-hydrogen) atoms. The molecule has 2 aliphatic rings. The Labute approximate surface area is 107 Å². The van der Waals surface area contributed by atoms with Gasteiger partial charge in [0.15, 0.2) is 0 Å². The van der Waals surface area contributed by atoms with Gasteiger partial charge in [0.2, 0.25) is 0 Å². The van der Waals surface area contributed by atoms with Crippen molar-refractivity contribution in [1.29, 1.82) is 0 Å². The molecule has 0 aliphatic heterocycles. The number of nitrogens with zero attached hydrogens (tertiary/aromatic N) is 1. The molecule has 2 aliphatic carbocycles. The third-order valence-electron chi connectivity index (χ3n) is 4.29. The highest BCUT2D eigenvalue weighted by Crippen LogP contribution is 2.34. The van der Waals surface area contributed by atoms with Crippen LogP contribution < -0.4 is 5.32 Å². The fourth-order valence-electron chi connectivity index (χ4n) is 2.98. The van der Waals surface area contributed by atoms with Crippen molar-refractivity contribution >= 4 is 0 Å². The summed E-state index contributed by atoms with van der Waals surface area (Å²) in [5.41, 5.74) is 0. The van der Waals surface area contributed by atoms with E-state index in [4.69, 9.17) is 0 Å². The van der Waals surface area contributed by atoms with Gasteiger partial charge in [-0.1, -0.05) is 13.8 Å². The highest BCUT2D eigenvalue weighted by molar-refractivity contribution is 4.93. The molecule has 2 nitrogen and oxygen atoms in total. The van der Waals surface area contributed by atoms with Crippen molar-refractivity contribution in [2.45, 2.75) is 71.5 Å². The molecule has 2 unspecified atom stereocenters. The van der Waals surface area contributed by atoms with Gasteiger partial charge in [0.25, 0.3) is 0 Å². The van der Waals surface area contributed by atoms with E-state index >= 15 is 0 Å². The lowest BCUT2D eigenvalue weighted by Gasteiger charge is -2.47. The standard InChI is InChI=1S/C15H30N2/c1-11(2)10-17(12(3)4)15-8-5-13(15)9-16-14-6-7-14/h11-16H,5-10H2,1-4H3. The largest absolute Gasteiger partial charge is 0.314 e. The predicted molar refractivity (Wildman–Crippen MR) is 74.2 cm³/mol. The summed E-state index contributed by atoms with van der Waals surface area (Å²) in [7, 11) is 0. The zero-order chi connectivity index (χ0) is 12.4. The maximum Gasteiger partial charge on any atom is 0.0139 e. The molecule has 100 valence electrons. The normalized spacial score (nSPS) is 29.1. The Kier molecular flexibility index (Phi) is 4.48. The van der Waals surface area contributed by atoms with Gasteiger partial charge in [-0.25, -0.2) is 0 Å². The molecule has 0 heterocycles. The van der Waals surface area contributed by atoms with Crippen LogP contribution in [0.3, 0.4) is 0 Å². The lowest BCUT2D eigenvalue weighted by atomic mass is 9.77. The van der Waals surface area contributed by atoms with Crippen LogP contribution in [0.5, 0.6) is 0 Å². The maximum absolute atomic E-state index is 3.71. The van der Waals surface area contributed by atoms with Gasteiger partial charge in [-0.3, -0.25) is 4.90 Å². The summed E-state index contributed by atoms with van der Waals surface area (Å²) in [6.07, 6.45) is 5.68. The van der Waals surface area contributed by atoms with Gasteiger partial charge in [-0.05, 0) is 57.9 Å². The summed E-state index contributed by atoms with van der Waals surface area (Å²) in [4.78, 5) is 2.74. The topological polar surface area (TPSA) is 15.3 Å². The van der Waals surface area contributed by atoms with E-state index < -0.39 is 0 Å². The minimum absolute atomic E-state index is 0.700. The first kappa shape index (κ1) is 13.4. The summed E-state index contributed by atoms with van der Waals surface area (Å²) in [5, 5.41) is 3.71. The van der Waals surface area contributed by atoms with Crippen LogP contribution in [0.1, 0.15) is 53.4 Å². The summed E-state index contributed by atoms with van der Waals surface area (Å²) < 4.78 is 0. The lowest BCUT2D eigenvalue weighted by molar-refractivity contribution is 0.0288. The van der Waals surface area contributed by atoms with Gasteiger partial charge in [0.05, 0.1) is 0 Å². The van der Waals surface area contributed by atoms with Crippen molar-refractivity contribution in [1.82, 2.24) is 10.2 Å². The van der Waals surface area contributed by atoms with E-state index in [9.17, 15) is 0 Å². The van der Waals surface area contributed by atoms with E-state index in [0.717, 1.165) is 23.9 Å². The molecule has 0 spiro atoms. The molecule has 2 fully saturated rings. The number of rotatable bonds is 7. The van der Waals surface area contributed by atoms with E-state index in [-0.39, 0.29) is 0 Å². The van der Waals surface area contributed by atoms with Crippen LogP contribution in [0.2, 0.25) is 0 Å². The van der Waals surface area contributed by atoms with E-state index in [1.807, 2.05) is 0 Å². The Hall–Kier alpha value is -0.0800. The first-order chi connectivity index (χ1) is 8.08. The molecular weight excluding hydrogens is 208 g/mol. The summed E-state index contributed by atoms with van der Waals surface area (Å²) in [6, 6.07) is 2.42. The monoisotopic (exact) mass is 238 g/mol. The summed E-state index contributed by atoms with van der Waals surface area (Å²) in [6.45, 7) is 11.9. The Morgan fingerprint density at radius 3 is 2.18 bits per heavy atom. The van der Waals surface area contributed by atoms with Crippen molar-refractivity contribution in [3.63, 3.8) is 0 Å². The van der Waals surface area contributed by atoms with Crippen LogP contribution in [0, 0.1) is 11.8 Å². The number of hydrogen-bond acceptors (Lipinski definition) is 2. The highest BCUT2D eigenvalue weighted by Gasteiger charge is 2.37. The number of hydrogen-bond donors (Lipinski definition) is 1. The van der Waals surface area contributed by atoms with Crippen LogP contribution >= 0.6 is 0 Å². The molecular formula is C15H30N2. The Morgan fingerprint density at radius 2 is 1.76 bits per heavy atom. The Balaban J connectivity index is 1.80. The minimum Gasteiger partial charge on any atom is -0.314 e. The van der Waals surface area contributed by atoms with Crippen molar-refractivity contribution in [3.05, 3.63) is 0 Å². The molecule has 0 aromatic rings. The Bertz CT molecular complexity index is 233. The smallest absolute Gasteiger partial charge is 0.0139 e. The lowest BCUT2D eigenvalue weighted by Crippen LogP contribution is -2.54. The minimum atomic E-state index is 0.700. The van der Waals surface area contributed by atoms with Crippen LogP contribution in [0.4, 0.5) is 0 Å². The van der Waals surface area contributed by atoms with Crippen LogP contribution in [0.15, 0.2) is 0 Å². The average Bonchev–Trinajstić information content (AvgIpc) is 2.98. The predicted octanol–water partition coefficient (Wildman–Crippen LogP) is 2.88. The molecule has 2 atom stereocenters. The van der Waals surface area contributed by atoms with Crippen molar-refractivity contribution in [3.8, 4) is 0 Å². The van der Waals surface area contributed by atoms with Gasteiger partial charge in [0, 0.05) is 24.7 Å². The van der Waals surface area contributed by atoms with Gasteiger partial charge < -0.3 is 5.32 Å². The van der Waals surface area contributed by atoms with Crippen molar-refractivity contribution < 1.29 is 0 Å². The second-order valence-electron chi connectivity index (χ2n) is 6.77. The first-order valence-corrected chi connectivity index (χ1v) is 7.57. The van der Waals surface area contributed by atoms with E-state index in [0.29, 0.717) is 6.04 Å². The number of nitrogens with one attached hydrogen (secondary N) is 1. The second-order valence-corrected chi connectivity index (χ2v) is 6.77. The quantitative estimate of drug-likeness (QED) is 0.733. The molecule has 0 bridgehead atoms. The highest BCUT2D eigenvalue weighted by atomic mass is 15.2. The van der Waals surface area contributed by atoms with Gasteiger partial charge >= 0.3 is 0 Å². The summed E-state index contributed by atoms with van der Waals surface area (Å²) in [5.74, 6) is 1.70. The van der Waals surface area contributed by atoms with Gasteiger partial charge in [0.1, 0.15) is 0 Å². The molecule has 2 saturated carbocycles. The zero-order valence-electron chi connectivity index (χ0n) is 12.1. The molecule has 0 amide bonds. The van der Waals surface area contributed by atoms with Crippen LogP contribution in [-0.4, -0.2) is 36.1 Å². The molecule has 1 N–H and O–H groups in total. The molecule has 0 saturated heterocycles. The summed E-state index contributed by atoms with van der Waals surface area (Å²) >= 11 is 0. The maximum atomic E-state index is 3.71. The molecule has 2 rings (SSSR count). The first-order valence-electron chi connectivity index (χ1n) is 7.57. The fourth-order valence-corrected chi connectivity index (χ4v) is 2.98.